The number of hydrogen-bond acceptors (Lipinski definition) is 4. The highest BCUT2D eigenvalue weighted by Gasteiger charge is 2.34. The molecule has 1 aromatic heterocycles. The van der Waals surface area contributed by atoms with Gasteiger partial charge in [-0.3, -0.25) is 4.79 Å². The molecule has 7 heteroatoms. The predicted molar refractivity (Wildman–Crippen MR) is 98.8 cm³/mol. The van der Waals surface area contributed by atoms with Crippen molar-refractivity contribution in [3.05, 3.63) is 70.8 Å². The summed E-state index contributed by atoms with van der Waals surface area (Å²) in [6.07, 6.45) is 1.14. The molecular weight excluding hydrogens is 369 g/mol. The van der Waals surface area contributed by atoms with Gasteiger partial charge in [0.25, 0.3) is 0 Å². The van der Waals surface area contributed by atoms with E-state index in [-0.39, 0.29) is 22.7 Å². The molecular formula is C20H17ClFN3O2. The minimum Gasteiger partial charge on any atom is -0.342 e. The number of likely N-dealkylation sites (tertiary alicyclic amines) is 1. The first-order valence-corrected chi connectivity index (χ1v) is 9.08. The van der Waals surface area contributed by atoms with Gasteiger partial charge in [0.15, 0.2) is 0 Å². The van der Waals surface area contributed by atoms with E-state index in [0.29, 0.717) is 31.0 Å². The molecule has 4 rings (SSSR count). The molecule has 5 nitrogen and oxygen atoms in total. The van der Waals surface area contributed by atoms with Crippen molar-refractivity contribution in [1.82, 2.24) is 15.0 Å². The standard InChI is InChI=1S/C20H17ClFN3O2/c21-16-7-6-14(10-17(16)22)19-23-20(27-24-19)15-11-18(26)25(12-15)9-8-13-4-2-1-3-5-13/h1-7,10,15H,8-9,11-12H2. The summed E-state index contributed by atoms with van der Waals surface area (Å²) >= 11 is 5.70. The summed E-state index contributed by atoms with van der Waals surface area (Å²) < 4.78 is 19.0. The van der Waals surface area contributed by atoms with Crippen LogP contribution in [-0.4, -0.2) is 34.0 Å². The minimum absolute atomic E-state index is 0.0397. The van der Waals surface area contributed by atoms with Crippen LogP contribution in [0.4, 0.5) is 4.39 Å². The van der Waals surface area contributed by atoms with Crippen molar-refractivity contribution in [3.63, 3.8) is 0 Å². The molecule has 1 fully saturated rings. The lowest BCUT2D eigenvalue weighted by atomic mass is 10.1. The number of nitrogens with zero attached hydrogens (tertiary/aromatic N) is 3. The summed E-state index contributed by atoms with van der Waals surface area (Å²) in [5, 5.41) is 3.96. The Morgan fingerprint density at radius 3 is 2.81 bits per heavy atom. The van der Waals surface area contributed by atoms with E-state index >= 15 is 0 Å². The molecule has 0 saturated carbocycles. The molecule has 1 aliphatic rings. The fraction of sp³-hybridized carbons (Fsp3) is 0.250. The van der Waals surface area contributed by atoms with E-state index in [2.05, 4.69) is 10.1 Å². The summed E-state index contributed by atoms with van der Waals surface area (Å²) in [6.45, 7) is 1.20. The zero-order chi connectivity index (χ0) is 18.8. The van der Waals surface area contributed by atoms with Gasteiger partial charge in [-0.2, -0.15) is 4.98 Å². The van der Waals surface area contributed by atoms with Crippen LogP contribution < -0.4 is 0 Å². The third-order valence-electron chi connectivity index (χ3n) is 4.70. The van der Waals surface area contributed by atoms with Gasteiger partial charge in [-0.1, -0.05) is 47.1 Å². The average molecular weight is 386 g/mol. The summed E-state index contributed by atoms with van der Waals surface area (Å²) in [4.78, 5) is 18.5. The van der Waals surface area contributed by atoms with Crippen LogP contribution in [0.3, 0.4) is 0 Å². The number of aromatic nitrogens is 2. The van der Waals surface area contributed by atoms with Crippen molar-refractivity contribution in [1.29, 1.82) is 0 Å². The molecule has 138 valence electrons. The Hall–Kier alpha value is -2.73. The highest BCUT2D eigenvalue weighted by atomic mass is 35.5. The first-order chi connectivity index (χ1) is 13.1. The lowest BCUT2D eigenvalue weighted by molar-refractivity contribution is -0.127. The number of benzene rings is 2. The third kappa shape index (κ3) is 3.85. The van der Waals surface area contributed by atoms with Gasteiger partial charge in [-0.25, -0.2) is 4.39 Å². The van der Waals surface area contributed by atoms with Gasteiger partial charge >= 0.3 is 0 Å². The highest BCUT2D eigenvalue weighted by molar-refractivity contribution is 6.30. The summed E-state index contributed by atoms with van der Waals surface area (Å²) in [5.74, 6) is 0.0789. The summed E-state index contributed by atoms with van der Waals surface area (Å²) in [5.41, 5.74) is 1.68. The van der Waals surface area contributed by atoms with E-state index in [4.69, 9.17) is 16.1 Å². The molecule has 1 aliphatic heterocycles. The quantitative estimate of drug-likeness (QED) is 0.663. The lowest BCUT2D eigenvalue weighted by Crippen LogP contribution is -2.27. The van der Waals surface area contributed by atoms with E-state index < -0.39 is 5.82 Å². The van der Waals surface area contributed by atoms with Gasteiger partial charge in [0.2, 0.25) is 17.6 Å². The molecule has 1 unspecified atom stereocenters. The smallest absolute Gasteiger partial charge is 0.232 e. The van der Waals surface area contributed by atoms with E-state index in [9.17, 15) is 9.18 Å². The van der Waals surface area contributed by atoms with Crippen molar-refractivity contribution in [2.24, 2.45) is 0 Å². The van der Waals surface area contributed by atoms with Crippen LogP contribution in [0.5, 0.6) is 0 Å². The van der Waals surface area contributed by atoms with Gasteiger partial charge < -0.3 is 9.42 Å². The van der Waals surface area contributed by atoms with Crippen molar-refractivity contribution >= 4 is 17.5 Å². The molecule has 0 spiro atoms. The average Bonchev–Trinajstić information content (AvgIpc) is 3.30. The second-order valence-corrected chi connectivity index (χ2v) is 6.97. The Morgan fingerprint density at radius 2 is 2.04 bits per heavy atom. The summed E-state index contributed by atoms with van der Waals surface area (Å²) in [7, 11) is 0. The van der Waals surface area contributed by atoms with Crippen LogP contribution in [0.2, 0.25) is 5.02 Å². The van der Waals surface area contributed by atoms with Gasteiger partial charge in [0.05, 0.1) is 10.9 Å². The fourth-order valence-electron chi connectivity index (χ4n) is 3.22. The van der Waals surface area contributed by atoms with E-state index in [1.807, 2.05) is 35.2 Å². The van der Waals surface area contributed by atoms with Crippen molar-refractivity contribution in [2.45, 2.75) is 18.8 Å². The van der Waals surface area contributed by atoms with E-state index in [1.165, 1.54) is 17.7 Å². The largest absolute Gasteiger partial charge is 0.342 e. The van der Waals surface area contributed by atoms with Crippen LogP contribution in [0, 0.1) is 5.82 Å². The molecule has 0 N–H and O–H groups in total. The number of halogens is 2. The topological polar surface area (TPSA) is 59.2 Å². The molecule has 27 heavy (non-hydrogen) atoms. The van der Waals surface area contributed by atoms with E-state index in [0.717, 1.165) is 6.42 Å². The van der Waals surface area contributed by atoms with Crippen molar-refractivity contribution in [2.75, 3.05) is 13.1 Å². The minimum atomic E-state index is -0.538. The first-order valence-electron chi connectivity index (χ1n) is 8.71. The fourth-order valence-corrected chi connectivity index (χ4v) is 3.33. The van der Waals surface area contributed by atoms with Gasteiger partial charge in [-0.15, -0.1) is 0 Å². The molecule has 1 amide bonds. The molecule has 0 aliphatic carbocycles. The lowest BCUT2D eigenvalue weighted by Gasteiger charge is -2.15. The monoisotopic (exact) mass is 385 g/mol. The second kappa shape index (κ2) is 7.48. The maximum atomic E-state index is 13.6. The molecule has 0 bridgehead atoms. The van der Waals surface area contributed by atoms with E-state index in [1.54, 1.807) is 6.07 Å². The highest BCUT2D eigenvalue weighted by Crippen LogP contribution is 2.29. The molecule has 1 saturated heterocycles. The Labute approximate surface area is 160 Å². The van der Waals surface area contributed by atoms with Crippen molar-refractivity contribution < 1.29 is 13.7 Å². The SMILES string of the molecule is O=C1CC(c2nc(-c3ccc(Cl)c(F)c3)no2)CN1CCc1ccccc1. The van der Waals surface area contributed by atoms with Crippen LogP contribution in [-0.2, 0) is 11.2 Å². The Morgan fingerprint density at radius 1 is 1.22 bits per heavy atom. The predicted octanol–water partition coefficient (Wildman–Crippen LogP) is 4.09. The van der Waals surface area contributed by atoms with Crippen molar-refractivity contribution in [3.8, 4) is 11.4 Å². The second-order valence-electron chi connectivity index (χ2n) is 6.56. The van der Waals surface area contributed by atoms with Gasteiger partial charge in [0, 0.05) is 25.1 Å². The Balaban J connectivity index is 1.43. The van der Waals surface area contributed by atoms with Gasteiger partial charge in [-0.05, 0) is 30.2 Å². The maximum Gasteiger partial charge on any atom is 0.232 e. The van der Waals surface area contributed by atoms with Crippen LogP contribution >= 0.6 is 11.6 Å². The number of rotatable bonds is 5. The Kier molecular flexibility index (Phi) is 4.90. The molecule has 3 aromatic rings. The summed E-state index contributed by atoms with van der Waals surface area (Å²) in [6, 6.07) is 14.4. The molecule has 2 aromatic carbocycles. The maximum absolute atomic E-state index is 13.6. The van der Waals surface area contributed by atoms with Crippen LogP contribution in [0.25, 0.3) is 11.4 Å². The number of carbonyl (C=O) groups is 1. The molecule has 2 heterocycles. The number of carbonyl (C=O) groups excluding carboxylic acids is 1. The van der Waals surface area contributed by atoms with Crippen LogP contribution in [0.15, 0.2) is 53.1 Å². The zero-order valence-corrected chi connectivity index (χ0v) is 15.2. The number of amides is 1. The zero-order valence-electron chi connectivity index (χ0n) is 14.4. The molecule has 1 atom stereocenters. The number of hydrogen-bond donors (Lipinski definition) is 0. The molecule has 0 radical (unpaired) electrons. The third-order valence-corrected chi connectivity index (χ3v) is 5.00. The normalized spacial score (nSPS) is 16.9. The Bertz CT molecular complexity index is 961. The van der Waals surface area contributed by atoms with Crippen LogP contribution in [0.1, 0.15) is 23.8 Å². The first kappa shape index (κ1) is 17.7. The van der Waals surface area contributed by atoms with Gasteiger partial charge in [0.1, 0.15) is 5.82 Å².